The first-order valence-electron chi connectivity index (χ1n) is 4.49. The van der Waals surface area contributed by atoms with Crippen molar-refractivity contribution in [2.24, 2.45) is 0 Å². The molecule has 14 heavy (non-hydrogen) atoms. The molecular formula is C11H10BrNS. The van der Waals surface area contributed by atoms with Crippen LogP contribution in [0.5, 0.6) is 0 Å². The zero-order valence-corrected chi connectivity index (χ0v) is 10.2. The maximum Gasteiger partial charge on any atom is 0.117 e. The molecule has 0 saturated carbocycles. The van der Waals surface area contributed by atoms with E-state index in [2.05, 4.69) is 46.0 Å². The first kappa shape index (κ1) is 9.87. The zero-order chi connectivity index (χ0) is 9.97. The predicted octanol–water partition coefficient (Wildman–Crippen LogP) is 4.22. The summed E-state index contributed by atoms with van der Waals surface area (Å²) >= 11 is 4.98. The van der Waals surface area contributed by atoms with E-state index < -0.39 is 0 Å². The predicted molar refractivity (Wildman–Crippen MR) is 67.0 cm³/mol. The molecule has 1 nitrogen and oxygen atoms in total. The Morgan fingerprint density at radius 3 is 3.07 bits per heavy atom. The van der Waals surface area contributed by atoms with Gasteiger partial charge in [-0.05, 0) is 35.2 Å². The van der Waals surface area contributed by atoms with Crippen LogP contribution >= 0.6 is 27.3 Å². The van der Waals surface area contributed by atoms with Gasteiger partial charge in [0.2, 0.25) is 0 Å². The average Bonchev–Trinajstić information content (AvgIpc) is 2.59. The number of aryl methyl sites for hydroxylation is 1. The van der Waals surface area contributed by atoms with E-state index >= 15 is 0 Å². The second kappa shape index (κ2) is 4.24. The minimum absolute atomic E-state index is 1.05. The van der Waals surface area contributed by atoms with Gasteiger partial charge in [0.1, 0.15) is 5.01 Å². The van der Waals surface area contributed by atoms with Crippen LogP contribution in [0.4, 0.5) is 0 Å². The molecule has 2 rings (SSSR count). The number of halogens is 1. The zero-order valence-electron chi connectivity index (χ0n) is 7.83. The van der Waals surface area contributed by atoms with Gasteiger partial charge in [-0.2, -0.15) is 0 Å². The van der Waals surface area contributed by atoms with Crippen LogP contribution in [0, 0.1) is 0 Å². The van der Waals surface area contributed by atoms with Gasteiger partial charge >= 0.3 is 0 Å². The number of fused-ring (bicyclic) bond motifs is 1. The fraction of sp³-hybridized carbons (Fsp3) is 0.182. The van der Waals surface area contributed by atoms with Crippen molar-refractivity contribution in [3.05, 3.63) is 33.8 Å². The van der Waals surface area contributed by atoms with E-state index in [1.165, 1.54) is 10.3 Å². The smallest absolute Gasteiger partial charge is 0.117 e. The summed E-state index contributed by atoms with van der Waals surface area (Å²) in [5.74, 6) is 0. The molecule has 3 heteroatoms. The highest BCUT2D eigenvalue weighted by atomic mass is 79.9. The minimum atomic E-state index is 1.05. The topological polar surface area (TPSA) is 12.9 Å². The van der Waals surface area contributed by atoms with Crippen molar-refractivity contribution in [1.82, 2.24) is 4.98 Å². The van der Waals surface area contributed by atoms with Gasteiger partial charge < -0.3 is 0 Å². The number of hydrogen-bond acceptors (Lipinski definition) is 2. The number of rotatable bonds is 2. The molecule has 0 aliphatic rings. The van der Waals surface area contributed by atoms with Gasteiger partial charge in [-0.1, -0.05) is 28.9 Å². The molecule has 0 unspecified atom stereocenters. The van der Waals surface area contributed by atoms with E-state index in [9.17, 15) is 0 Å². The minimum Gasteiger partial charge on any atom is -0.237 e. The molecule has 0 bridgehead atoms. The Kier molecular flexibility index (Phi) is 2.99. The first-order chi connectivity index (χ1) is 6.83. The van der Waals surface area contributed by atoms with Crippen LogP contribution in [-0.4, -0.2) is 4.98 Å². The third-order valence-electron chi connectivity index (χ3n) is 2.08. The lowest BCUT2D eigenvalue weighted by atomic mass is 10.2. The normalized spacial score (nSPS) is 11.6. The molecule has 0 aliphatic carbocycles. The Labute approximate surface area is 95.6 Å². The average molecular weight is 268 g/mol. The maximum atomic E-state index is 4.48. The molecule has 0 N–H and O–H groups in total. The molecule has 0 radical (unpaired) electrons. The van der Waals surface area contributed by atoms with Crippen molar-refractivity contribution in [2.45, 2.75) is 13.3 Å². The quantitative estimate of drug-likeness (QED) is 0.794. The van der Waals surface area contributed by atoms with Gasteiger partial charge in [-0.15, -0.1) is 11.3 Å². The molecule has 0 spiro atoms. The molecule has 72 valence electrons. The van der Waals surface area contributed by atoms with Gasteiger partial charge in [-0.25, -0.2) is 4.98 Å². The van der Waals surface area contributed by atoms with Gasteiger partial charge in [0, 0.05) is 0 Å². The summed E-state index contributed by atoms with van der Waals surface area (Å²) in [6.07, 6.45) is 3.05. The van der Waals surface area contributed by atoms with Crippen LogP contribution in [0.15, 0.2) is 23.2 Å². The number of aromatic nitrogens is 1. The van der Waals surface area contributed by atoms with Gasteiger partial charge in [-0.3, -0.25) is 0 Å². The Bertz CT molecular complexity index is 473. The summed E-state index contributed by atoms with van der Waals surface area (Å²) in [5, 5.41) is 1.05. The van der Waals surface area contributed by atoms with Gasteiger partial charge in [0.25, 0.3) is 0 Å². The SMILES string of the molecule is CCc1ccc2nc(/C=C/Br)sc2c1. The Balaban J connectivity index is 2.54. The number of nitrogens with zero attached hydrogens (tertiary/aromatic N) is 1. The lowest BCUT2D eigenvalue weighted by molar-refractivity contribution is 1.15. The summed E-state index contributed by atoms with van der Waals surface area (Å²) in [4.78, 5) is 6.32. The molecule has 1 aromatic carbocycles. The standard InChI is InChI=1S/C11H10BrNS/c1-2-8-3-4-9-10(7-8)14-11(13-9)5-6-12/h3-7H,2H2,1H3/b6-5+. The molecule has 0 amide bonds. The van der Waals surface area contributed by atoms with E-state index in [-0.39, 0.29) is 0 Å². The Hall–Kier alpha value is -0.670. The first-order valence-corrected chi connectivity index (χ1v) is 6.23. The van der Waals surface area contributed by atoms with Crippen LogP contribution < -0.4 is 0 Å². The number of hydrogen-bond donors (Lipinski definition) is 0. The summed E-state index contributed by atoms with van der Waals surface area (Å²) in [6.45, 7) is 2.17. The van der Waals surface area contributed by atoms with Crippen LogP contribution in [0.3, 0.4) is 0 Å². The lowest BCUT2D eigenvalue weighted by Gasteiger charge is -1.93. The number of benzene rings is 1. The highest BCUT2D eigenvalue weighted by Gasteiger charge is 2.01. The molecule has 1 aromatic heterocycles. The summed E-state index contributed by atoms with van der Waals surface area (Å²) in [5.41, 5.74) is 2.46. The fourth-order valence-corrected chi connectivity index (χ4v) is 2.69. The van der Waals surface area contributed by atoms with E-state index in [0.29, 0.717) is 0 Å². The van der Waals surface area contributed by atoms with Crippen LogP contribution in [0.25, 0.3) is 16.3 Å². The van der Waals surface area contributed by atoms with Crippen molar-refractivity contribution >= 4 is 43.6 Å². The molecule has 2 aromatic rings. The van der Waals surface area contributed by atoms with Crippen LogP contribution in [-0.2, 0) is 6.42 Å². The third-order valence-corrected chi connectivity index (χ3v) is 3.33. The summed E-state index contributed by atoms with van der Waals surface area (Å²) in [7, 11) is 0. The Morgan fingerprint density at radius 1 is 1.50 bits per heavy atom. The molecule has 1 heterocycles. The molecule has 0 saturated heterocycles. The van der Waals surface area contributed by atoms with Gasteiger partial charge in [0.15, 0.2) is 0 Å². The second-order valence-corrected chi connectivity index (χ2v) is 4.59. The van der Waals surface area contributed by atoms with Crippen LogP contribution in [0.2, 0.25) is 0 Å². The summed E-state index contributed by atoms with van der Waals surface area (Å²) in [6, 6.07) is 6.46. The highest BCUT2D eigenvalue weighted by molar-refractivity contribution is 9.11. The van der Waals surface area contributed by atoms with E-state index in [1.807, 2.05) is 11.1 Å². The van der Waals surface area contributed by atoms with Crippen molar-refractivity contribution in [3.8, 4) is 0 Å². The van der Waals surface area contributed by atoms with E-state index in [4.69, 9.17) is 0 Å². The van der Waals surface area contributed by atoms with Crippen LogP contribution in [0.1, 0.15) is 17.5 Å². The van der Waals surface area contributed by atoms with Crippen molar-refractivity contribution in [2.75, 3.05) is 0 Å². The lowest BCUT2D eigenvalue weighted by Crippen LogP contribution is -1.77. The Morgan fingerprint density at radius 2 is 2.36 bits per heavy atom. The molecule has 0 atom stereocenters. The maximum absolute atomic E-state index is 4.48. The molecule has 0 aliphatic heterocycles. The number of thiazole rings is 1. The van der Waals surface area contributed by atoms with E-state index in [0.717, 1.165) is 16.9 Å². The fourth-order valence-electron chi connectivity index (χ4n) is 1.33. The highest BCUT2D eigenvalue weighted by Crippen LogP contribution is 2.24. The second-order valence-electron chi connectivity index (χ2n) is 3.00. The molecule has 0 fully saturated rings. The van der Waals surface area contributed by atoms with Gasteiger partial charge in [0.05, 0.1) is 10.2 Å². The van der Waals surface area contributed by atoms with E-state index in [1.54, 1.807) is 11.3 Å². The van der Waals surface area contributed by atoms with Crippen molar-refractivity contribution in [3.63, 3.8) is 0 Å². The largest absolute Gasteiger partial charge is 0.237 e. The van der Waals surface area contributed by atoms with Crippen molar-refractivity contribution in [1.29, 1.82) is 0 Å². The summed E-state index contributed by atoms with van der Waals surface area (Å²) < 4.78 is 1.27. The third kappa shape index (κ3) is 1.88. The monoisotopic (exact) mass is 267 g/mol. The molecular weight excluding hydrogens is 258 g/mol. The van der Waals surface area contributed by atoms with Crippen molar-refractivity contribution < 1.29 is 0 Å².